The molecule has 0 aromatic carbocycles. The summed E-state index contributed by atoms with van der Waals surface area (Å²) in [5, 5.41) is 7.25. The van der Waals surface area contributed by atoms with Crippen molar-refractivity contribution in [2.75, 3.05) is 24.6 Å². The Morgan fingerprint density at radius 2 is 0.870 bits per heavy atom. The van der Waals surface area contributed by atoms with Gasteiger partial charge in [-0.05, 0) is 40.9 Å². The van der Waals surface area contributed by atoms with E-state index in [0.717, 1.165) is 24.6 Å². The maximum absolute atomic E-state index is 6.16. The van der Waals surface area contributed by atoms with Crippen LogP contribution in [0.2, 0.25) is 0 Å². The summed E-state index contributed by atoms with van der Waals surface area (Å²) in [7, 11) is 0. The van der Waals surface area contributed by atoms with Crippen LogP contribution in [-0.2, 0) is 23.6 Å². The Morgan fingerprint density at radius 1 is 0.609 bits per heavy atom. The molecule has 0 aliphatic rings. The molecular formula is C17H40N2P2S2. The molecule has 2 nitrogen and oxygen atoms in total. The lowest BCUT2D eigenvalue weighted by Gasteiger charge is -2.38. The van der Waals surface area contributed by atoms with Crippen LogP contribution < -0.4 is 10.4 Å². The highest BCUT2D eigenvalue weighted by Crippen LogP contribution is 2.53. The molecule has 0 aromatic heterocycles. The lowest BCUT2D eigenvalue weighted by Crippen LogP contribution is -2.36. The summed E-state index contributed by atoms with van der Waals surface area (Å²) in [6, 6.07) is 0. The fourth-order valence-electron chi connectivity index (χ4n) is 2.85. The SMILES string of the molecule is CCP(=S)(CC(C)(C)C)NNP(=S)(CC(C)(C)C)CC(C)(C)C. The van der Waals surface area contributed by atoms with E-state index in [2.05, 4.69) is 79.6 Å². The Morgan fingerprint density at radius 3 is 1.13 bits per heavy atom. The van der Waals surface area contributed by atoms with E-state index in [1.54, 1.807) is 0 Å². The molecule has 0 amide bonds. The number of rotatable bonds is 7. The van der Waals surface area contributed by atoms with Crippen LogP contribution in [0.25, 0.3) is 0 Å². The minimum absolute atomic E-state index is 0.230. The maximum atomic E-state index is 6.16. The predicted molar refractivity (Wildman–Crippen MR) is 118 cm³/mol. The zero-order chi connectivity index (χ0) is 18.7. The van der Waals surface area contributed by atoms with Gasteiger partial charge in [0.2, 0.25) is 0 Å². The van der Waals surface area contributed by atoms with Crippen molar-refractivity contribution in [1.29, 1.82) is 0 Å². The van der Waals surface area contributed by atoms with Crippen molar-refractivity contribution in [2.45, 2.75) is 69.2 Å². The smallest absolute Gasteiger partial charge is 0.0269 e. The molecule has 2 N–H and O–H groups in total. The summed E-state index contributed by atoms with van der Waals surface area (Å²) in [4.78, 5) is 0. The van der Waals surface area contributed by atoms with Crippen LogP contribution in [-0.4, -0.2) is 24.6 Å². The molecule has 0 heterocycles. The Balaban J connectivity index is 5.24. The second-order valence-corrected chi connectivity index (χ2v) is 20.3. The molecule has 0 aliphatic heterocycles. The van der Waals surface area contributed by atoms with Crippen molar-refractivity contribution in [3.8, 4) is 0 Å². The minimum atomic E-state index is -1.70. The summed E-state index contributed by atoms with van der Waals surface area (Å²) in [5.74, 6) is 0. The van der Waals surface area contributed by atoms with Crippen LogP contribution in [0.3, 0.4) is 0 Å². The van der Waals surface area contributed by atoms with E-state index in [1.807, 2.05) is 0 Å². The van der Waals surface area contributed by atoms with E-state index in [4.69, 9.17) is 23.6 Å². The maximum Gasteiger partial charge on any atom is 0.0269 e. The highest BCUT2D eigenvalue weighted by Gasteiger charge is 2.31. The number of hydrogen-bond acceptors (Lipinski definition) is 2. The molecule has 0 fully saturated rings. The number of nitrogens with one attached hydrogen (secondary N) is 2. The minimum Gasteiger partial charge on any atom is -0.223 e. The van der Waals surface area contributed by atoms with E-state index < -0.39 is 12.4 Å². The summed E-state index contributed by atoms with van der Waals surface area (Å²) in [6.45, 7) is 22.7. The lowest BCUT2D eigenvalue weighted by atomic mass is 10.0. The highest BCUT2D eigenvalue weighted by atomic mass is 32.4. The number of hydrazine groups is 1. The van der Waals surface area contributed by atoms with Crippen LogP contribution in [0.4, 0.5) is 0 Å². The van der Waals surface area contributed by atoms with Crippen LogP contribution in [0.15, 0.2) is 0 Å². The summed E-state index contributed by atoms with van der Waals surface area (Å²) in [6.07, 6.45) is 0.855. The first-order valence-corrected chi connectivity index (χ1v) is 14.9. The third kappa shape index (κ3) is 12.2. The number of hydrogen-bond donors (Lipinski definition) is 2. The van der Waals surface area contributed by atoms with E-state index >= 15 is 0 Å². The fourth-order valence-corrected chi connectivity index (χ4v) is 13.9. The molecule has 0 aromatic rings. The molecule has 0 radical (unpaired) electrons. The standard InChI is InChI=1S/C17H40N2P2S2/c1-11-20(22,12-15(2,3)4)18-19-21(23,13-16(5,6)7)14-17(8,9)10/h11-14H2,1-10H3,(H,18,22)(H,19,23). The highest BCUT2D eigenvalue weighted by molar-refractivity contribution is 8.15. The van der Waals surface area contributed by atoms with Gasteiger partial charge < -0.3 is 0 Å². The van der Waals surface area contributed by atoms with Gasteiger partial charge >= 0.3 is 0 Å². The molecule has 0 rings (SSSR count). The van der Waals surface area contributed by atoms with Crippen LogP contribution in [0.1, 0.15) is 69.2 Å². The van der Waals surface area contributed by atoms with Crippen molar-refractivity contribution in [2.24, 2.45) is 16.2 Å². The second kappa shape index (κ2) is 8.28. The topological polar surface area (TPSA) is 24.1 Å². The molecule has 0 aliphatic carbocycles. The zero-order valence-corrected chi connectivity index (χ0v) is 20.5. The molecular weight excluding hydrogens is 358 g/mol. The van der Waals surface area contributed by atoms with Crippen LogP contribution >= 0.6 is 12.4 Å². The van der Waals surface area contributed by atoms with E-state index in [-0.39, 0.29) is 16.2 Å². The third-order valence-electron chi connectivity index (χ3n) is 3.16. The molecule has 23 heavy (non-hydrogen) atoms. The second-order valence-electron chi connectivity index (χ2n) is 10.5. The van der Waals surface area contributed by atoms with Gasteiger partial charge in [0.05, 0.1) is 0 Å². The van der Waals surface area contributed by atoms with Gasteiger partial charge in [-0.1, -0.05) is 92.9 Å². The van der Waals surface area contributed by atoms with Gasteiger partial charge in [-0.2, -0.15) is 0 Å². The normalized spacial score (nSPS) is 17.1. The fraction of sp³-hybridized carbons (Fsp3) is 1.00. The van der Waals surface area contributed by atoms with E-state index in [9.17, 15) is 0 Å². The van der Waals surface area contributed by atoms with Crippen molar-refractivity contribution >= 4 is 36.0 Å². The quantitative estimate of drug-likeness (QED) is 0.404. The van der Waals surface area contributed by atoms with Crippen LogP contribution in [0.5, 0.6) is 0 Å². The van der Waals surface area contributed by atoms with Crippen molar-refractivity contribution in [1.82, 2.24) is 10.4 Å². The zero-order valence-electron chi connectivity index (χ0n) is 17.0. The molecule has 1 unspecified atom stereocenters. The average Bonchev–Trinajstić information content (AvgIpc) is 2.19. The lowest BCUT2D eigenvalue weighted by molar-refractivity contribution is 0.454. The van der Waals surface area contributed by atoms with Gasteiger partial charge in [0, 0.05) is 12.4 Å². The Hall–Kier alpha value is 1.22. The first kappa shape index (κ1) is 24.2. The molecule has 0 spiro atoms. The monoisotopic (exact) mass is 398 g/mol. The Labute approximate surface area is 156 Å². The Bertz CT molecular complexity index is 448. The molecule has 140 valence electrons. The van der Waals surface area contributed by atoms with Gasteiger partial charge in [-0.25, -0.2) is 10.4 Å². The van der Waals surface area contributed by atoms with Crippen LogP contribution in [0, 0.1) is 16.2 Å². The molecule has 6 heteroatoms. The van der Waals surface area contributed by atoms with E-state index in [1.165, 1.54) is 0 Å². The largest absolute Gasteiger partial charge is 0.223 e. The van der Waals surface area contributed by atoms with Gasteiger partial charge in [0.15, 0.2) is 0 Å². The van der Waals surface area contributed by atoms with Crippen molar-refractivity contribution in [3.63, 3.8) is 0 Å². The summed E-state index contributed by atoms with van der Waals surface area (Å²) in [5.41, 5.74) is 0.708. The Kier molecular flexibility index (Phi) is 8.71. The van der Waals surface area contributed by atoms with E-state index in [0.29, 0.717) is 0 Å². The van der Waals surface area contributed by atoms with Crippen molar-refractivity contribution < 1.29 is 0 Å². The van der Waals surface area contributed by atoms with Crippen molar-refractivity contribution in [3.05, 3.63) is 0 Å². The summed E-state index contributed by atoms with van der Waals surface area (Å²) < 4.78 is 0. The molecule has 0 saturated carbocycles. The first-order chi connectivity index (χ1) is 9.89. The average molecular weight is 399 g/mol. The predicted octanol–water partition coefficient (Wildman–Crippen LogP) is 6.03. The molecule has 1 atom stereocenters. The van der Waals surface area contributed by atoms with Gasteiger partial charge in [-0.3, -0.25) is 0 Å². The molecule has 0 bridgehead atoms. The third-order valence-corrected chi connectivity index (χ3v) is 12.3. The van der Waals surface area contributed by atoms with Gasteiger partial charge in [0.1, 0.15) is 0 Å². The van der Waals surface area contributed by atoms with Gasteiger partial charge in [-0.15, -0.1) is 0 Å². The summed E-state index contributed by atoms with van der Waals surface area (Å²) >= 11 is 12.2. The molecule has 0 saturated heterocycles. The first-order valence-electron chi connectivity index (χ1n) is 8.60. The van der Waals surface area contributed by atoms with Gasteiger partial charge in [0.25, 0.3) is 0 Å².